The van der Waals surface area contributed by atoms with Crippen molar-refractivity contribution in [3.63, 3.8) is 0 Å². The third kappa shape index (κ3) is 5.16. The minimum atomic E-state index is -1.72. The highest BCUT2D eigenvalue weighted by Crippen LogP contribution is 2.47. The number of hydrogen-bond acceptors (Lipinski definition) is 8. The average molecular weight is 478 g/mol. The standard InChI is InChI=1S/C9H10O8.C8H8O8/c10-6(11)2-1-3(7(12)13)5(9(16)17)4(2)8(14)15;9-5(10)1-2(6(11)12)4(8(15)16)3(1)7(13)14/h2-5H,1H2,(H,10,11)(H,12,13)(H,14,15)(H,16,17);1-4H,(H,9,10)(H,11,12)(H,13,14)(H,15,16). The summed E-state index contributed by atoms with van der Waals surface area (Å²) in [6.45, 7) is 0. The molecule has 16 nitrogen and oxygen atoms in total. The predicted octanol–water partition coefficient (Wildman–Crippen LogP) is -2.00. The summed E-state index contributed by atoms with van der Waals surface area (Å²) in [5, 5.41) is 69.8. The van der Waals surface area contributed by atoms with E-state index in [0.29, 0.717) is 0 Å². The monoisotopic (exact) mass is 478 g/mol. The van der Waals surface area contributed by atoms with Gasteiger partial charge in [-0.05, 0) is 6.42 Å². The second-order valence-corrected chi connectivity index (χ2v) is 7.31. The van der Waals surface area contributed by atoms with Gasteiger partial charge in [0, 0.05) is 0 Å². The van der Waals surface area contributed by atoms with Crippen LogP contribution in [0, 0.1) is 47.3 Å². The summed E-state index contributed by atoms with van der Waals surface area (Å²) < 4.78 is 0. The molecule has 2 fully saturated rings. The molecule has 4 unspecified atom stereocenters. The van der Waals surface area contributed by atoms with Gasteiger partial charge in [0.05, 0.1) is 47.3 Å². The lowest BCUT2D eigenvalue weighted by Gasteiger charge is -2.42. The van der Waals surface area contributed by atoms with Crippen LogP contribution in [-0.4, -0.2) is 88.6 Å². The Morgan fingerprint density at radius 1 is 0.333 bits per heavy atom. The average Bonchev–Trinajstić information content (AvgIpc) is 3.01. The van der Waals surface area contributed by atoms with Gasteiger partial charge < -0.3 is 40.9 Å². The van der Waals surface area contributed by atoms with Gasteiger partial charge in [0.1, 0.15) is 0 Å². The first kappa shape index (κ1) is 26.8. The molecule has 0 spiro atoms. The Labute approximate surface area is 181 Å². The molecule has 2 aliphatic carbocycles. The van der Waals surface area contributed by atoms with Crippen LogP contribution in [0.15, 0.2) is 0 Å². The SMILES string of the molecule is O=C(O)C1C(C(=O)O)C(C(=O)O)C1C(=O)O.O=C(O)C1CC(C(=O)O)C(C(=O)O)C1C(=O)O. The Hall–Kier alpha value is -4.24. The molecule has 0 amide bonds. The largest absolute Gasteiger partial charge is 0.481 e. The minimum Gasteiger partial charge on any atom is -0.481 e. The molecule has 182 valence electrons. The molecule has 16 heteroatoms. The third-order valence-corrected chi connectivity index (χ3v) is 5.65. The Bertz CT molecular complexity index is 789. The van der Waals surface area contributed by atoms with Crippen molar-refractivity contribution >= 4 is 47.8 Å². The van der Waals surface area contributed by atoms with Gasteiger partial charge in [-0.2, -0.15) is 0 Å². The zero-order valence-corrected chi connectivity index (χ0v) is 16.2. The fourth-order valence-corrected chi connectivity index (χ4v) is 4.20. The Morgan fingerprint density at radius 2 is 0.515 bits per heavy atom. The van der Waals surface area contributed by atoms with E-state index in [4.69, 9.17) is 40.9 Å². The number of hydrogen-bond donors (Lipinski definition) is 8. The maximum Gasteiger partial charge on any atom is 0.308 e. The van der Waals surface area contributed by atoms with Crippen molar-refractivity contribution in [2.24, 2.45) is 47.3 Å². The zero-order chi connectivity index (χ0) is 25.9. The number of rotatable bonds is 8. The van der Waals surface area contributed by atoms with Gasteiger partial charge in [-0.25, -0.2) is 0 Å². The van der Waals surface area contributed by atoms with Gasteiger partial charge in [-0.3, -0.25) is 38.4 Å². The number of carbonyl (C=O) groups is 8. The van der Waals surface area contributed by atoms with E-state index in [1.54, 1.807) is 0 Å². The molecule has 0 bridgehead atoms. The van der Waals surface area contributed by atoms with Crippen LogP contribution in [0.3, 0.4) is 0 Å². The van der Waals surface area contributed by atoms with Crippen molar-refractivity contribution in [1.29, 1.82) is 0 Å². The molecule has 2 rings (SSSR count). The van der Waals surface area contributed by atoms with Crippen molar-refractivity contribution in [3.8, 4) is 0 Å². The summed E-state index contributed by atoms with van der Waals surface area (Å²) in [4.78, 5) is 86.0. The first-order valence-electron chi connectivity index (χ1n) is 8.88. The molecular formula is C17H18O16. The van der Waals surface area contributed by atoms with E-state index in [-0.39, 0.29) is 0 Å². The molecule has 2 aliphatic rings. The maximum absolute atomic E-state index is 10.9. The minimum absolute atomic E-state index is 0.487. The fraction of sp³-hybridized carbons (Fsp3) is 0.529. The van der Waals surface area contributed by atoms with Gasteiger partial charge in [0.15, 0.2) is 0 Å². The lowest BCUT2D eigenvalue weighted by Crippen LogP contribution is -2.59. The van der Waals surface area contributed by atoms with Gasteiger partial charge in [-0.1, -0.05) is 0 Å². The van der Waals surface area contributed by atoms with E-state index in [2.05, 4.69) is 0 Å². The fourth-order valence-electron chi connectivity index (χ4n) is 4.20. The molecule has 0 radical (unpaired) electrons. The summed E-state index contributed by atoms with van der Waals surface area (Å²) in [7, 11) is 0. The topological polar surface area (TPSA) is 298 Å². The quantitative estimate of drug-likeness (QED) is 0.187. The third-order valence-electron chi connectivity index (χ3n) is 5.65. The highest BCUT2D eigenvalue weighted by Gasteiger charge is 2.64. The molecule has 0 aromatic carbocycles. The lowest BCUT2D eigenvalue weighted by molar-refractivity contribution is -0.191. The second-order valence-electron chi connectivity index (χ2n) is 7.31. The van der Waals surface area contributed by atoms with Crippen molar-refractivity contribution in [1.82, 2.24) is 0 Å². The Balaban J connectivity index is 0.000000331. The van der Waals surface area contributed by atoms with Crippen molar-refractivity contribution < 1.29 is 79.2 Å². The number of carboxylic acid groups (broad SMARTS) is 8. The van der Waals surface area contributed by atoms with E-state index in [9.17, 15) is 38.4 Å². The van der Waals surface area contributed by atoms with Crippen LogP contribution in [0.2, 0.25) is 0 Å². The van der Waals surface area contributed by atoms with E-state index >= 15 is 0 Å². The zero-order valence-electron chi connectivity index (χ0n) is 16.2. The smallest absolute Gasteiger partial charge is 0.308 e. The molecule has 0 heterocycles. The number of carboxylic acids is 8. The van der Waals surface area contributed by atoms with Crippen LogP contribution in [0.25, 0.3) is 0 Å². The van der Waals surface area contributed by atoms with Crippen molar-refractivity contribution in [2.75, 3.05) is 0 Å². The van der Waals surface area contributed by atoms with Crippen LogP contribution < -0.4 is 0 Å². The van der Waals surface area contributed by atoms with Crippen molar-refractivity contribution in [3.05, 3.63) is 0 Å². The van der Waals surface area contributed by atoms with Crippen LogP contribution >= 0.6 is 0 Å². The predicted molar refractivity (Wildman–Crippen MR) is 93.6 cm³/mol. The summed E-state index contributed by atoms with van der Waals surface area (Å²) in [5.74, 6) is -25.9. The molecule has 2 saturated carbocycles. The van der Waals surface area contributed by atoms with Gasteiger partial charge in [0.25, 0.3) is 0 Å². The van der Waals surface area contributed by atoms with Crippen LogP contribution in [0.4, 0.5) is 0 Å². The van der Waals surface area contributed by atoms with Gasteiger partial charge in [0.2, 0.25) is 0 Å². The highest BCUT2D eigenvalue weighted by molar-refractivity contribution is 5.96. The normalized spacial score (nSPS) is 32.2. The van der Waals surface area contributed by atoms with Crippen LogP contribution in [0.5, 0.6) is 0 Å². The van der Waals surface area contributed by atoms with Crippen molar-refractivity contribution in [2.45, 2.75) is 6.42 Å². The van der Waals surface area contributed by atoms with E-state index in [1.807, 2.05) is 0 Å². The molecule has 4 atom stereocenters. The van der Waals surface area contributed by atoms with E-state index < -0.39 is 102 Å². The van der Waals surface area contributed by atoms with Crippen LogP contribution in [0.1, 0.15) is 6.42 Å². The highest BCUT2D eigenvalue weighted by atomic mass is 16.4. The molecule has 0 saturated heterocycles. The Morgan fingerprint density at radius 3 is 0.636 bits per heavy atom. The van der Waals surface area contributed by atoms with E-state index in [0.717, 1.165) is 0 Å². The summed E-state index contributed by atoms with van der Waals surface area (Å²) in [5.41, 5.74) is 0. The molecule has 0 aromatic heterocycles. The number of aliphatic carboxylic acids is 8. The van der Waals surface area contributed by atoms with Gasteiger partial charge in [-0.15, -0.1) is 0 Å². The maximum atomic E-state index is 10.9. The van der Waals surface area contributed by atoms with Crippen LogP contribution in [-0.2, 0) is 38.4 Å². The molecule has 0 aliphatic heterocycles. The summed E-state index contributed by atoms with van der Waals surface area (Å²) in [6, 6.07) is 0. The first-order chi connectivity index (χ1) is 15.1. The molecule has 0 aromatic rings. The lowest BCUT2D eigenvalue weighted by atomic mass is 9.56. The molecule has 8 N–H and O–H groups in total. The summed E-state index contributed by atoms with van der Waals surface area (Å²) in [6.07, 6.45) is -0.487. The molecular weight excluding hydrogens is 460 g/mol. The summed E-state index contributed by atoms with van der Waals surface area (Å²) >= 11 is 0. The van der Waals surface area contributed by atoms with Gasteiger partial charge >= 0.3 is 47.8 Å². The molecule has 33 heavy (non-hydrogen) atoms. The second kappa shape index (κ2) is 9.92. The van der Waals surface area contributed by atoms with E-state index in [1.165, 1.54) is 0 Å². The first-order valence-corrected chi connectivity index (χ1v) is 8.88. The Kier molecular flexibility index (Phi) is 8.06.